The summed E-state index contributed by atoms with van der Waals surface area (Å²) in [6, 6.07) is 2.46. The van der Waals surface area contributed by atoms with Crippen molar-refractivity contribution in [3.8, 4) is 0 Å². The van der Waals surface area contributed by atoms with E-state index in [1.807, 2.05) is 0 Å². The summed E-state index contributed by atoms with van der Waals surface area (Å²) in [7, 11) is -1.60. The van der Waals surface area contributed by atoms with Crippen LogP contribution in [0.4, 0.5) is 17.6 Å². The normalized spacial score (nSPS) is 16.0. The molecule has 114 valence electrons. The van der Waals surface area contributed by atoms with E-state index in [0.29, 0.717) is 12.5 Å². The molecule has 0 radical (unpaired) electrons. The molecule has 0 amide bonds. The van der Waals surface area contributed by atoms with Crippen LogP contribution < -0.4 is 5.14 Å². The zero-order chi connectivity index (χ0) is 15.7. The number of benzene rings is 1. The fourth-order valence-corrected chi connectivity index (χ4v) is 2.45. The van der Waals surface area contributed by atoms with Gasteiger partial charge in [0.25, 0.3) is 0 Å². The van der Waals surface area contributed by atoms with Crippen LogP contribution in [0.5, 0.6) is 0 Å². The molecule has 0 aliphatic heterocycles. The van der Waals surface area contributed by atoms with Crippen molar-refractivity contribution in [2.75, 3.05) is 0 Å². The maximum Gasteiger partial charge on any atom is 0.416 e. The van der Waals surface area contributed by atoms with Crippen LogP contribution in [0, 0.1) is 5.82 Å². The summed E-state index contributed by atoms with van der Waals surface area (Å²) in [4.78, 5) is 0. The molecule has 0 saturated carbocycles. The Bertz CT molecular complexity index is 514. The summed E-state index contributed by atoms with van der Waals surface area (Å²) < 4.78 is 61.8. The summed E-state index contributed by atoms with van der Waals surface area (Å²) in [5.74, 6) is -1.30. The Morgan fingerprint density at radius 1 is 1.30 bits per heavy atom. The third-order valence-corrected chi connectivity index (χ3v) is 4.46. The van der Waals surface area contributed by atoms with E-state index in [2.05, 4.69) is 0 Å². The van der Waals surface area contributed by atoms with E-state index in [-0.39, 0.29) is 11.5 Å². The summed E-state index contributed by atoms with van der Waals surface area (Å²) in [6.45, 7) is 5.00. The minimum Gasteiger partial charge on any atom is -0.251 e. The Balaban J connectivity index is 3.01. The number of hydrogen-bond acceptors (Lipinski definition) is 1. The summed E-state index contributed by atoms with van der Waals surface area (Å²) in [6.07, 6.45) is -4.26. The van der Waals surface area contributed by atoms with E-state index >= 15 is 0 Å². The highest BCUT2D eigenvalue weighted by Crippen LogP contribution is 2.34. The topological polar surface area (TPSA) is 43.1 Å². The number of rotatable bonds is 4. The van der Waals surface area contributed by atoms with Gasteiger partial charge in [0.15, 0.2) is 0 Å². The highest BCUT2D eigenvalue weighted by atomic mass is 32.2. The van der Waals surface area contributed by atoms with E-state index in [9.17, 15) is 21.8 Å². The molecule has 0 saturated heterocycles. The van der Waals surface area contributed by atoms with Gasteiger partial charge in [0.05, 0.1) is 21.3 Å². The molecule has 0 fully saturated rings. The van der Waals surface area contributed by atoms with Gasteiger partial charge in [-0.1, -0.05) is 13.0 Å². The van der Waals surface area contributed by atoms with E-state index in [1.54, 1.807) is 20.8 Å². The molecular weight excluding hydrogens is 294 g/mol. The molecule has 2 atom stereocenters. The van der Waals surface area contributed by atoms with Crippen molar-refractivity contribution in [2.24, 2.45) is 5.14 Å². The molecule has 0 heterocycles. The molecule has 0 aliphatic rings. The van der Waals surface area contributed by atoms with Crippen LogP contribution in [0.25, 0.3) is 0 Å². The highest BCUT2D eigenvalue weighted by molar-refractivity contribution is 7.84. The first-order chi connectivity index (χ1) is 8.95. The predicted molar refractivity (Wildman–Crippen MR) is 70.8 cm³/mol. The molecule has 1 unspecified atom stereocenters. The molecular formula is C13H17F4NOS. The standard InChI is InChI=1S/C13H17F4NOS/c1-8(7-12(2,3)20(18)19)10-5-4-9(6-11(10)14)13(15,16)17/h4-6,8H,7,18H2,1-3H3/t8-,20?/m0/s1. The number of hydrogen-bond donors (Lipinski definition) is 1. The van der Waals surface area contributed by atoms with E-state index < -0.39 is 33.3 Å². The van der Waals surface area contributed by atoms with Crippen molar-refractivity contribution in [1.82, 2.24) is 0 Å². The molecule has 0 bridgehead atoms. The molecule has 0 aromatic heterocycles. The molecule has 1 aromatic rings. The zero-order valence-electron chi connectivity index (χ0n) is 11.4. The zero-order valence-corrected chi connectivity index (χ0v) is 12.2. The molecule has 1 aromatic carbocycles. The maximum atomic E-state index is 13.8. The molecule has 0 spiro atoms. The molecule has 0 aliphatic carbocycles. The second-order valence-electron chi connectivity index (χ2n) is 5.40. The van der Waals surface area contributed by atoms with Crippen LogP contribution in [0.15, 0.2) is 18.2 Å². The first-order valence-electron chi connectivity index (χ1n) is 5.98. The van der Waals surface area contributed by atoms with Crippen molar-refractivity contribution in [3.63, 3.8) is 0 Å². The highest BCUT2D eigenvalue weighted by Gasteiger charge is 2.32. The quantitative estimate of drug-likeness (QED) is 0.846. The minimum atomic E-state index is -4.57. The van der Waals surface area contributed by atoms with E-state index in [4.69, 9.17) is 5.14 Å². The van der Waals surface area contributed by atoms with Crippen molar-refractivity contribution >= 4 is 11.0 Å². The van der Waals surface area contributed by atoms with Gasteiger partial charge in [0.2, 0.25) is 0 Å². The first-order valence-corrected chi connectivity index (χ1v) is 7.19. The van der Waals surface area contributed by atoms with Crippen molar-refractivity contribution in [1.29, 1.82) is 0 Å². The average Bonchev–Trinajstić information content (AvgIpc) is 2.26. The monoisotopic (exact) mass is 311 g/mol. The minimum absolute atomic E-state index is 0.163. The third-order valence-electron chi connectivity index (χ3n) is 3.20. The Morgan fingerprint density at radius 2 is 1.85 bits per heavy atom. The number of halogens is 4. The fraction of sp³-hybridized carbons (Fsp3) is 0.538. The average molecular weight is 311 g/mol. The smallest absolute Gasteiger partial charge is 0.251 e. The van der Waals surface area contributed by atoms with Crippen molar-refractivity contribution < 1.29 is 21.8 Å². The van der Waals surface area contributed by atoms with Gasteiger partial charge in [0, 0.05) is 0 Å². The molecule has 20 heavy (non-hydrogen) atoms. The number of nitrogens with two attached hydrogens (primary N) is 1. The maximum absolute atomic E-state index is 13.8. The van der Waals surface area contributed by atoms with Gasteiger partial charge in [-0.3, -0.25) is 5.14 Å². The van der Waals surface area contributed by atoms with Gasteiger partial charge >= 0.3 is 6.18 Å². The summed E-state index contributed by atoms with van der Waals surface area (Å²) >= 11 is 0. The van der Waals surface area contributed by atoms with Crippen LogP contribution in [0.3, 0.4) is 0 Å². The van der Waals surface area contributed by atoms with Gasteiger partial charge in [-0.05, 0) is 43.9 Å². The lowest BCUT2D eigenvalue weighted by Crippen LogP contribution is -2.33. The van der Waals surface area contributed by atoms with Gasteiger partial charge in [-0.25, -0.2) is 8.60 Å². The third kappa shape index (κ3) is 4.02. The lowest BCUT2D eigenvalue weighted by atomic mass is 9.90. The van der Waals surface area contributed by atoms with Crippen LogP contribution >= 0.6 is 0 Å². The largest absolute Gasteiger partial charge is 0.416 e. The van der Waals surface area contributed by atoms with Crippen molar-refractivity contribution in [3.05, 3.63) is 35.1 Å². The van der Waals surface area contributed by atoms with Crippen molar-refractivity contribution in [2.45, 2.75) is 44.0 Å². The lowest BCUT2D eigenvalue weighted by Gasteiger charge is -2.25. The van der Waals surface area contributed by atoms with Gasteiger partial charge < -0.3 is 0 Å². The second kappa shape index (κ2) is 5.81. The molecule has 7 heteroatoms. The molecule has 2 N–H and O–H groups in total. The Labute approximate surface area is 117 Å². The Hall–Kier alpha value is -0.950. The number of alkyl halides is 3. The van der Waals surface area contributed by atoms with Gasteiger partial charge in [-0.15, -0.1) is 0 Å². The fourth-order valence-electron chi connectivity index (χ4n) is 2.03. The Morgan fingerprint density at radius 3 is 2.25 bits per heavy atom. The van der Waals surface area contributed by atoms with E-state index in [0.717, 1.165) is 12.1 Å². The summed E-state index contributed by atoms with van der Waals surface area (Å²) in [5, 5.41) is 5.35. The SMILES string of the molecule is C[C@@H](CC(C)(C)S(N)=O)c1ccc(C(F)(F)F)cc1F. The second-order valence-corrected chi connectivity index (χ2v) is 7.10. The van der Waals surface area contributed by atoms with Gasteiger partial charge in [-0.2, -0.15) is 13.2 Å². The lowest BCUT2D eigenvalue weighted by molar-refractivity contribution is -0.137. The van der Waals surface area contributed by atoms with Crippen LogP contribution in [0.2, 0.25) is 0 Å². The predicted octanol–water partition coefficient (Wildman–Crippen LogP) is 3.74. The van der Waals surface area contributed by atoms with E-state index in [1.165, 1.54) is 0 Å². The van der Waals surface area contributed by atoms with Gasteiger partial charge in [0.1, 0.15) is 5.82 Å². The van der Waals surface area contributed by atoms with Crippen LogP contribution in [0.1, 0.15) is 44.2 Å². The van der Waals surface area contributed by atoms with Crippen LogP contribution in [-0.4, -0.2) is 8.96 Å². The summed E-state index contributed by atoms with van der Waals surface area (Å²) in [5.41, 5.74) is -0.857. The first kappa shape index (κ1) is 17.1. The van der Waals surface area contributed by atoms with Crippen LogP contribution in [-0.2, 0) is 17.2 Å². The molecule has 2 nitrogen and oxygen atoms in total. The molecule has 1 rings (SSSR count). The Kier molecular flexibility index (Phi) is 4.97.